The molecule has 1 rings (SSSR count). The molecular formula is C6H13NOS. The zero-order valence-corrected chi connectivity index (χ0v) is 6.27. The molecule has 0 aromatic carbocycles. The molecular weight excluding hydrogens is 134 g/mol. The Balaban J connectivity index is 2.24. The third kappa shape index (κ3) is 1.85. The maximum Gasteiger partial charge on any atom is 0.0780 e. The van der Waals surface area contributed by atoms with Crippen molar-refractivity contribution in [3.63, 3.8) is 0 Å². The van der Waals surface area contributed by atoms with Crippen molar-refractivity contribution in [3.05, 3.63) is 0 Å². The first-order valence-corrected chi connectivity index (χ1v) is 4.00. The number of thiol groups is 1. The monoisotopic (exact) mass is 147 g/mol. The molecule has 0 bridgehead atoms. The molecule has 54 valence electrons. The van der Waals surface area contributed by atoms with Crippen molar-refractivity contribution in [2.45, 2.75) is 25.0 Å². The van der Waals surface area contributed by atoms with Gasteiger partial charge < -0.3 is 10.4 Å². The summed E-state index contributed by atoms with van der Waals surface area (Å²) in [6, 6.07) is 0.308. The molecule has 1 aliphatic heterocycles. The highest BCUT2D eigenvalue weighted by Crippen LogP contribution is 2.09. The van der Waals surface area contributed by atoms with Gasteiger partial charge in [0.25, 0.3) is 0 Å². The number of aliphatic hydroxyl groups is 1. The van der Waals surface area contributed by atoms with E-state index in [4.69, 9.17) is 0 Å². The first-order chi connectivity index (χ1) is 4.34. The Hall–Kier alpha value is 0.270. The molecule has 1 fully saturated rings. The van der Waals surface area contributed by atoms with E-state index in [-0.39, 0.29) is 6.10 Å². The van der Waals surface area contributed by atoms with Crippen molar-refractivity contribution in [2.75, 3.05) is 12.3 Å². The summed E-state index contributed by atoms with van der Waals surface area (Å²) in [5.41, 5.74) is 0. The third-order valence-electron chi connectivity index (χ3n) is 1.75. The summed E-state index contributed by atoms with van der Waals surface area (Å²) in [5, 5.41) is 12.4. The van der Waals surface area contributed by atoms with Crippen molar-refractivity contribution in [1.82, 2.24) is 5.32 Å². The SMILES string of the molecule is O[C@H](CS)[C@@H]1CCCN1. The fourth-order valence-electron chi connectivity index (χ4n) is 1.17. The lowest BCUT2D eigenvalue weighted by molar-refractivity contribution is 0.159. The Kier molecular flexibility index (Phi) is 2.82. The second-order valence-corrected chi connectivity index (χ2v) is 2.82. The fourth-order valence-corrected chi connectivity index (χ4v) is 1.42. The molecule has 2 N–H and O–H groups in total. The molecule has 1 aliphatic rings. The highest BCUT2D eigenvalue weighted by atomic mass is 32.1. The molecule has 1 saturated heterocycles. The number of hydrogen-bond donors (Lipinski definition) is 3. The van der Waals surface area contributed by atoms with Crippen molar-refractivity contribution < 1.29 is 5.11 Å². The van der Waals surface area contributed by atoms with E-state index in [0.717, 1.165) is 13.0 Å². The van der Waals surface area contributed by atoms with E-state index < -0.39 is 0 Å². The summed E-state index contributed by atoms with van der Waals surface area (Å²) in [6.07, 6.45) is 2.04. The summed E-state index contributed by atoms with van der Waals surface area (Å²) in [7, 11) is 0. The van der Waals surface area contributed by atoms with E-state index in [9.17, 15) is 5.11 Å². The van der Waals surface area contributed by atoms with Crippen molar-refractivity contribution in [3.8, 4) is 0 Å². The predicted octanol–water partition coefficient (Wildman–Crippen LogP) is 0.0291. The lowest BCUT2D eigenvalue weighted by atomic mass is 10.1. The van der Waals surface area contributed by atoms with Crippen LogP contribution in [0.3, 0.4) is 0 Å². The number of hydrogen-bond acceptors (Lipinski definition) is 3. The summed E-state index contributed by atoms with van der Waals surface area (Å²) < 4.78 is 0. The number of rotatable bonds is 2. The first-order valence-electron chi connectivity index (χ1n) is 3.37. The van der Waals surface area contributed by atoms with Crippen LogP contribution >= 0.6 is 12.6 Å². The highest BCUT2D eigenvalue weighted by Gasteiger charge is 2.20. The molecule has 0 amide bonds. The maximum absolute atomic E-state index is 9.22. The average molecular weight is 147 g/mol. The van der Waals surface area contributed by atoms with Gasteiger partial charge in [-0.15, -0.1) is 0 Å². The van der Waals surface area contributed by atoms with Crippen LogP contribution in [0.15, 0.2) is 0 Å². The minimum atomic E-state index is -0.254. The molecule has 0 aromatic rings. The Morgan fingerprint density at radius 1 is 1.78 bits per heavy atom. The van der Waals surface area contributed by atoms with Gasteiger partial charge in [-0.1, -0.05) is 0 Å². The van der Waals surface area contributed by atoms with Gasteiger partial charge in [0.2, 0.25) is 0 Å². The molecule has 0 radical (unpaired) electrons. The molecule has 2 nitrogen and oxygen atoms in total. The van der Waals surface area contributed by atoms with Crippen molar-refractivity contribution >= 4 is 12.6 Å². The van der Waals surface area contributed by atoms with Crippen molar-refractivity contribution in [2.24, 2.45) is 0 Å². The van der Waals surface area contributed by atoms with Crippen LogP contribution in [0.25, 0.3) is 0 Å². The van der Waals surface area contributed by atoms with Crippen LogP contribution < -0.4 is 5.32 Å². The molecule has 0 saturated carbocycles. The van der Waals surface area contributed by atoms with Gasteiger partial charge in [-0.3, -0.25) is 0 Å². The molecule has 2 atom stereocenters. The van der Waals surface area contributed by atoms with Gasteiger partial charge in [0.1, 0.15) is 0 Å². The Morgan fingerprint density at radius 2 is 2.56 bits per heavy atom. The van der Waals surface area contributed by atoms with Gasteiger partial charge >= 0.3 is 0 Å². The molecule has 1 heterocycles. The maximum atomic E-state index is 9.22. The molecule has 0 unspecified atom stereocenters. The minimum absolute atomic E-state index is 0.254. The molecule has 0 spiro atoms. The van der Waals surface area contributed by atoms with Crippen LogP contribution in [-0.4, -0.2) is 29.5 Å². The predicted molar refractivity (Wildman–Crippen MR) is 40.9 cm³/mol. The van der Waals surface area contributed by atoms with Crippen molar-refractivity contribution in [1.29, 1.82) is 0 Å². The Morgan fingerprint density at radius 3 is 3.00 bits per heavy atom. The second kappa shape index (κ2) is 3.44. The lowest BCUT2D eigenvalue weighted by Crippen LogP contribution is -2.35. The average Bonchev–Trinajstić information content (AvgIpc) is 2.37. The van der Waals surface area contributed by atoms with E-state index in [2.05, 4.69) is 17.9 Å². The molecule has 3 heteroatoms. The third-order valence-corrected chi connectivity index (χ3v) is 2.12. The second-order valence-electron chi connectivity index (χ2n) is 2.45. The highest BCUT2D eigenvalue weighted by molar-refractivity contribution is 7.80. The smallest absolute Gasteiger partial charge is 0.0780 e. The van der Waals surface area contributed by atoms with E-state index in [1.807, 2.05) is 0 Å². The van der Waals surface area contributed by atoms with Gasteiger partial charge in [-0.05, 0) is 19.4 Å². The topological polar surface area (TPSA) is 32.3 Å². The Labute approximate surface area is 61.1 Å². The zero-order chi connectivity index (χ0) is 6.69. The largest absolute Gasteiger partial charge is 0.391 e. The van der Waals surface area contributed by atoms with E-state index in [1.54, 1.807) is 0 Å². The summed E-state index contributed by atoms with van der Waals surface area (Å²) in [5.74, 6) is 0.567. The van der Waals surface area contributed by atoms with Crippen LogP contribution in [0, 0.1) is 0 Å². The van der Waals surface area contributed by atoms with Crippen LogP contribution in [-0.2, 0) is 0 Å². The zero-order valence-electron chi connectivity index (χ0n) is 5.38. The first kappa shape index (κ1) is 7.38. The van der Waals surface area contributed by atoms with Crippen LogP contribution in [0.1, 0.15) is 12.8 Å². The standard InChI is InChI=1S/C6H13NOS/c8-6(4-9)5-2-1-3-7-5/h5-9H,1-4H2/t5-,6+/m0/s1. The Bertz CT molecular complexity index is 83.1. The van der Waals surface area contributed by atoms with Crippen LogP contribution in [0.5, 0.6) is 0 Å². The van der Waals surface area contributed by atoms with Gasteiger partial charge in [0.15, 0.2) is 0 Å². The summed E-state index contributed by atoms with van der Waals surface area (Å²) >= 11 is 4.00. The normalized spacial score (nSPS) is 30.7. The summed E-state index contributed by atoms with van der Waals surface area (Å²) in [4.78, 5) is 0. The van der Waals surface area contributed by atoms with Gasteiger partial charge in [0.05, 0.1) is 6.10 Å². The van der Waals surface area contributed by atoms with E-state index in [1.165, 1.54) is 6.42 Å². The van der Waals surface area contributed by atoms with Crippen LogP contribution in [0.2, 0.25) is 0 Å². The van der Waals surface area contributed by atoms with E-state index in [0.29, 0.717) is 11.8 Å². The molecule has 9 heavy (non-hydrogen) atoms. The molecule has 0 aromatic heterocycles. The quantitative estimate of drug-likeness (QED) is 0.481. The summed E-state index contributed by atoms with van der Waals surface area (Å²) in [6.45, 7) is 1.05. The lowest BCUT2D eigenvalue weighted by Gasteiger charge is -2.14. The fraction of sp³-hybridized carbons (Fsp3) is 1.00. The van der Waals surface area contributed by atoms with Gasteiger partial charge in [0, 0.05) is 11.8 Å². The number of nitrogens with one attached hydrogen (secondary N) is 1. The molecule has 0 aliphatic carbocycles. The number of aliphatic hydroxyl groups excluding tert-OH is 1. The minimum Gasteiger partial charge on any atom is -0.391 e. The van der Waals surface area contributed by atoms with E-state index >= 15 is 0 Å². The van der Waals surface area contributed by atoms with Crippen LogP contribution in [0.4, 0.5) is 0 Å². The van der Waals surface area contributed by atoms with Gasteiger partial charge in [-0.2, -0.15) is 12.6 Å². The van der Waals surface area contributed by atoms with Gasteiger partial charge in [-0.25, -0.2) is 0 Å².